The summed E-state index contributed by atoms with van der Waals surface area (Å²) >= 11 is 0. The molecule has 29 heavy (non-hydrogen) atoms. The number of alkyl halides is 2. The van der Waals surface area contributed by atoms with E-state index in [4.69, 9.17) is 4.74 Å². The number of hydrogen-bond acceptors (Lipinski definition) is 4. The molecular weight excluding hydrogens is 385 g/mol. The second-order valence-corrected chi connectivity index (χ2v) is 6.61. The van der Waals surface area contributed by atoms with Crippen molar-refractivity contribution in [2.45, 2.75) is 33.0 Å². The first-order valence-electron chi connectivity index (χ1n) is 9.22. The van der Waals surface area contributed by atoms with Gasteiger partial charge >= 0.3 is 6.61 Å². The van der Waals surface area contributed by atoms with Gasteiger partial charge in [-0.2, -0.15) is 8.78 Å². The first-order valence-corrected chi connectivity index (χ1v) is 9.22. The van der Waals surface area contributed by atoms with E-state index >= 15 is 0 Å². The van der Waals surface area contributed by atoms with Crippen LogP contribution >= 0.6 is 0 Å². The van der Waals surface area contributed by atoms with Crippen LogP contribution in [0.1, 0.15) is 31.0 Å². The zero-order chi connectivity index (χ0) is 21.4. The highest BCUT2D eigenvalue weighted by atomic mass is 19.3. The molecule has 8 heteroatoms. The minimum absolute atomic E-state index is 0.0286. The van der Waals surface area contributed by atoms with Crippen LogP contribution in [0.25, 0.3) is 0 Å². The molecular formula is C21H25F3N2O3. The lowest BCUT2D eigenvalue weighted by Gasteiger charge is -2.20. The molecule has 1 atom stereocenters. The van der Waals surface area contributed by atoms with Crippen LogP contribution in [0.5, 0.6) is 11.5 Å². The smallest absolute Gasteiger partial charge is 0.387 e. The van der Waals surface area contributed by atoms with Crippen LogP contribution in [0.15, 0.2) is 42.5 Å². The molecule has 1 amide bonds. The summed E-state index contributed by atoms with van der Waals surface area (Å²) in [6.45, 7) is 1.48. The summed E-state index contributed by atoms with van der Waals surface area (Å²) in [7, 11) is 1.77. The Labute approximate surface area is 168 Å². The molecule has 0 spiro atoms. The van der Waals surface area contributed by atoms with E-state index in [1.807, 2.05) is 6.92 Å². The van der Waals surface area contributed by atoms with Gasteiger partial charge in [-0.1, -0.05) is 18.2 Å². The fraction of sp³-hybridized carbons (Fsp3) is 0.381. The molecule has 5 nitrogen and oxygen atoms in total. The normalized spacial score (nSPS) is 12.1. The van der Waals surface area contributed by atoms with Crippen molar-refractivity contribution in [1.82, 2.24) is 10.2 Å². The van der Waals surface area contributed by atoms with Gasteiger partial charge in [-0.05, 0) is 56.3 Å². The standard InChI is InChI=1S/C21H25F3N2O3/c1-4-28-19-11-15(5-10-18(19)29-21(23)24)12-26(3)13-20(27)25-14(2)16-6-8-17(22)9-7-16/h5-11,14,21H,4,12-13H2,1-3H3,(H,25,27)/t14-/m0/s1. The van der Waals surface area contributed by atoms with Gasteiger partial charge in [0.2, 0.25) is 5.91 Å². The van der Waals surface area contributed by atoms with Crippen molar-refractivity contribution in [3.8, 4) is 11.5 Å². The molecule has 0 aliphatic carbocycles. The fourth-order valence-electron chi connectivity index (χ4n) is 2.85. The van der Waals surface area contributed by atoms with Gasteiger partial charge in [-0.25, -0.2) is 4.39 Å². The van der Waals surface area contributed by atoms with Crippen LogP contribution in [-0.4, -0.2) is 37.6 Å². The lowest BCUT2D eigenvalue weighted by Crippen LogP contribution is -2.36. The van der Waals surface area contributed by atoms with Crippen molar-refractivity contribution in [2.75, 3.05) is 20.2 Å². The summed E-state index contributed by atoms with van der Waals surface area (Å²) in [5.41, 5.74) is 1.59. The first-order chi connectivity index (χ1) is 13.8. The van der Waals surface area contributed by atoms with Crippen molar-refractivity contribution >= 4 is 5.91 Å². The third kappa shape index (κ3) is 7.30. The molecule has 0 saturated heterocycles. The van der Waals surface area contributed by atoms with E-state index in [2.05, 4.69) is 10.1 Å². The van der Waals surface area contributed by atoms with Crippen molar-refractivity contribution in [3.63, 3.8) is 0 Å². The van der Waals surface area contributed by atoms with Crippen LogP contribution in [0.3, 0.4) is 0 Å². The van der Waals surface area contributed by atoms with E-state index in [1.165, 1.54) is 18.2 Å². The molecule has 0 aromatic heterocycles. The maximum Gasteiger partial charge on any atom is 0.387 e. The van der Waals surface area contributed by atoms with E-state index in [0.717, 1.165) is 11.1 Å². The summed E-state index contributed by atoms with van der Waals surface area (Å²) in [6, 6.07) is 10.4. The Hall–Kier alpha value is -2.74. The van der Waals surface area contributed by atoms with Gasteiger partial charge in [-0.3, -0.25) is 9.69 Å². The zero-order valence-electron chi connectivity index (χ0n) is 16.6. The molecule has 2 rings (SSSR count). The number of benzene rings is 2. The maximum absolute atomic E-state index is 13.0. The van der Waals surface area contributed by atoms with Crippen LogP contribution in [0, 0.1) is 5.82 Å². The molecule has 0 aliphatic rings. The highest BCUT2D eigenvalue weighted by Crippen LogP contribution is 2.30. The number of carbonyl (C=O) groups excluding carboxylic acids is 1. The van der Waals surface area contributed by atoms with E-state index in [0.29, 0.717) is 13.2 Å². The molecule has 0 aliphatic heterocycles. The van der Waals surface area contributed by atoms with Gasteiger partial charge in [-0.15, -0.1) is 0 Å². The SMILES string of the molecule is CCOc1cc(CN(C)CC(=O)N[C@@H](C)c2ccc(F)cc2)ccc1OC(F)F. The molecule has 0 heterocycles. The van der Waals surface area contributed by atoms with E-state index < -0.39 is 6.61 Å². The maximum atomic E-state index is 13.0. The number of carbonyl (C=O) groups is 1. The minimum Gasteiger partial charge on any atom is -0.490 e. The monoisotopic (exact) mass is 410 g/mol. The number of rotatable bonds is 10. The van der Waals surface area contributed by atoms with Crippen LogP contribution in [0.2, 0.25) is 0 Å². The zero-order valence-corrected chi connectivity index (χ0v) is 16.6. The van der Waals surface area contributed by atoms with Gasteiger partial charge in [0.05, 0.1) is 19.2 Å². The Morgan fingerprint density at radius 2 is 1.83 bits per heavy atom. The molecule has 0 bridgehead atoms. The molecule has 0 saturated carbocycles. The van der Waals surface area contributed by atoms with Crippen molar-refractivity contribution in [3.05, 3.63) is 59.4 Å². The number of ether oxygens (including phenoxy) is 2. The average molecular weight is 410 g/mol. The van der Waals surface area contributed by atoms with Gasteiger partial charge in [0.1, 0.15) is 5.82 Å². The van der Waals surface area contributed by atoms with Gasteiger partial charge in [0, 0.05) is 6.54 Å². The molecule has 1 N–H and O–H groups in total. The van der Waals surface area contributed by atoms with Crippen molar-refractivity contribution < 1.29 is 27.4 Å². The number of nitrogens with one attached hydrogen (secondary N) is 1. The lowest BCUT2D eigenvalue weighted by atomic mass is 10.1. The Kier molecular flexibility index (Phi) is 8.33. The van der Waals surface area contributed by atoms with E-state index in [1.54, 1.807) is 43.1 Å². The van der Waals surface area contributed by atoms with Gasteiger partial charge in [0.15, 0.2) is 11.5 Å². The average Bonchev–Trinajstić information content (AvgIpc) is 2.64. The number of nitrogens with zero attached hydrogens (tertiary/aromatic N) is 1. The minimum atomic E-state index is -2.94. The first kappa shape index (κ1) is 22.5. The molecule has 158 valence electrons. The third-order valence-corrected chi connectivity index (χ3v) is 4.14. The highest BCUT2D eigenvalue weighted by Gasteiger charge is 2.15. The summed E-state index contributed by atoms with van der Waals surface area (Å²) in [6.07, 6.45) is 0. The number of halogens is 3. The summed E-state index contributed by atoms with van der Waals surface area (Å²) in [5, 5.41) is 2.86. The largest absolute Gasteiger partial charge is 0.490 e. The summed E-state index contributed by atoms with van der Waals surface area (Å²) < 4.78 is 47.8. The van der Waals surface area contributed by atoms with E-state index in [-0.39, 0.29) is 35.8 Å². The topological polar surface area (TPSA) is 50.8 Å². The quantitative estimate of drug-likeness (QED) is 0.640. The highest BCUT2D eigenvalue weighted by molar-refractivity contribution is 5.78. The van der Waals surface area contributed by atoms with Crippen LogP contribution < -0.4 is 14.8 Å². The molecule has 0 radical (unpaired) electrons. The Morgan fingerprint density at radius 1 is 1.14 bits per heavy atom. The lowest BCUT2D eigenvalue weighted by molar-refractivity contribution is -0.122. The molecule has 2 aromatic rings. The van der Waals surface area contributed by atoms with Crippen LogP contribution in [0.4, 0.5) is 13.2 Å². The Balaban J connectivity index is 1.93. The second kappa shape index (κ2) is 10.7. The third-order valence-electron chi connectivity index (χ3n) is 4.14. The second-order valence-electron chi connectivity index (χ2n) is 6.61. The number of likely N-dealkylation sites (N-methyl/N-ethyl adjacent to an activating group) is 1. The summed E-state index contributed by atoms with van der Waals surface area (Å²) in [5.74, 6) is -0.317. The Bertz CT molecular complexity index is 800. The van der Waals surface area contributed by atoms with Crippen molar-refractivity contribution in [2.24, 2.45) is 0 Å². The summed E-state index contributed by atoms with van der Waals surface area (Å²) in [4.78, 5) is 14.1. The molecule has 0 unspecified atom stereocenters. The number of hydrogen-bond donors (Lipinski definition) is 1. The van der Waals surface area contributed by atoms with Gasteiger partial charge < -0.3 is 14.8 Å². The van der Waals surface area contributed by atoms with Crippen LogP contribution in [-0.2, 0) is 11.3 Å². The van der Waals surface area contributed by atoms with Gasteiger partial charge in [0.25, 0.3) is 0 Å². The van der Waals surface area contributed by atoms with Crippen molar-refractivity contribution in [1.29, 1.82) is 0 Å². The Morgan fingerprint density at radius 3 is 2.45 bits per heavy atom. The molecule has 0 fully saturated rings. The molecule has 2 aromatic carbocycles. The fourth-order valence-corrected chi connectivity index (χ4v) is 2.85. The number of amides is 1. The van der Waals surface area contributed by atoms with E-state index in [9.17, 15) is 18.0 Å². The predicted octanol–water partition coefficient (Wildman–Crippen LogP) is 4.14. The predicted molar refractivity (Wildman–Crippen MR) is 104 cm³/mol.